The second-order valence-electron chi connectivity index (χ2n) is 9.85. The number of fused-ring (bicyclic) bond motifs is 1. The molecule has 0 amide bonds. The van der Waals surface area contributed by atoms with Gasteiger partial charge in [0.25, 0.3) is 0 Å². The van der Waals surface area contributed by atoms with Crippen molar-refractivity contribution in [2.75, 3.05) is 18.9 Å². The number of nitrogen functional groups attached to an aromatic ring is 1. The predicted octanol–water partition coefficient (Wildman–Crippen LogP) is 3.12. The Kier molecular flexibility index (Phi) is 9.03. The fourth-order valence-corrected chi connectivity index (χ4v) is 5.90. The fourth-order valence-electron chi connectivity index (χ4n) is 4.63. The van der Waals surface area contributed by atoms with Crippen molar-refractivity contribution in [3.05, 3.63) is 74.8 Å². The number of hydrogen-bond donors (Lipinski definition) is 3. The lowest BCUT2D eigenvalue weighted by atomic mass is 9.93. The Hall–Kier alpha value is -4.28. The van der Waals surface area contributed by atoms with Gasteiger partial charge < -0.3 is 29.1 Å². The van der Waals surface area contributed by atoms with Gasteiger partial charge in [0.15, 0.2) is 23.2 Å². The molecule has 1 aliphatic heterocycles. The Morgan fingerprint density at radius 1 is 1.27 bits per heavy atom. The first-order valence-corrected chi connectivity index (χ1v) is 14.9. The van der Waals surface area contributed by atoms with Crippen LogP contribution in [0.3, 0.4) is 0 Å². The van der Waals surface area contributed by atoms with Gasteiger partial charge in [0.1, 0.15) is 24.0 Å². The Bertz CT molecular complexity index is 1770. The molecule has 234 valence electrons. The van der Waals surface area contributed by atoms with Crippen LogP contribution in [0.4, 0.5) is 5.95 Å². The first kappa shape index (κ1) is 31.2. The molecule has 1 aromatic carbocycles. The molecule has 18 nitrogen and oxygen atoms in total. The zero-order valence-corrected chi connectivity index (χ0v) is 24.8. The van der Waals surface area contributed by atoms with E-state index in [0.717, 1.165) is 5.56 Å². The highest BCUT2D eigenvalue weighted by Crippen LogP contribution is 2.48. The van der Waals surface area contributed by atoms with E-state index in [1.807, 2.05) is 18.2 Å². The van der Waals surface area contributed by atoms with Crippen molar-refractivity contribution in [2.24, 2.45) is 5.11 Å². The Morgan fingerprint density at radius 2 is 2.05 bits per heavy atom. The summed E-state index contributed by atoms with van der Waals surface area (Å²) in [5.74, 6) is -0.723. The van der Waals surface area contributed by atoms with E-state index in [1.54, 1.807) is 19.1 Å². The van der Waals surface area contributed by atoms with Crippen LogP contribution >= 0.6 is 7.75 Å². The largest absolute Gasteiger partial charge is 0.519 e. The number of aryl methyl sites for hydroxylation is 1. The molecule has 0 aliphatic carbocycles. The number of anilines is 1. The number of ether oxygens (including phenoxy) is 2. The summed E-state index contributed by atoms with van der Waals surface area (Å²) >= 11 is 0. The first-order valence-electron chi connectivity index (χ1n) is 13.4. The molecule has 1 aliphatic rings. The molecule has 0 spiro atoms. The average molecular weight is 632 g/mol. The Labute approximate surface area is 249 Å². The number of imidazole rings is 1. The summed E-state index contributed by atoms with van der Waals surface area (Å²) in [4.78, 5) is 27.0. The van der Waals surface area contributed by atoms with Crippen LogP contribution < -0.4 is 21.4 Å². The first-order chi connectivity index (χ1) is 21.1. The average Bonchev–Trinajstić information content (AvgIpc) is 3.63. The van der Waals surface area contributed by atoms with Gasteiger partial charge in [-0.3, -0.25) is 13.6 Å². The van der Waals surface area contributed by atoms with E-state index in [-0.39, 0.29) is 41.1 Å². The van der Waals surface area contributed by atoms with Crippen LogP contribution in [0.2, 0.25) is 0 Å². The van der Waals surface area contributed by atoms with E-state index in [9.17, 15) is 20.0 Å². The number of aromatic nitrogens is 4. The zero-order valence-electron chi connectivity index (χ0n) is 23.9. The SMILES string of the molecule is CCOc1nc(N)nc2c1ncn2[C@@H]1O[C@H](COP(=O)(NCc2ccccc2)OCc2oc(=O)oc2C)[C@@H](O)[C@@]1(C)N=[N+]=[N-]. The van der Waals surface area contributed by atoms with Gasteiger partial charge in [-0.2, -0.15) is 9.97 Å². The summed E-state index contributed by atoms with van der Waals surface area (Å²) in [7, 11) is -4.16. The number of aliphatic hydroxyl groups excluding tert-OH is 1. The number of aliphatic hydroxyl groups is 1. The summed E-state index contributed by atoms with van der Waals surface area (Å²) in [5, 5.41) is 17.9. The van der Waals surface area contributed by atoms with Crippen LogP contribution in [0.15, 0.2) is 55.4 Å². The highest BCUT2D eigenvalue weighted by atomic mass is 31.2. The van der Waals surface area contributed by atoms with Gasteiger partial charge >= 0.3 is 13.6 Å². The zero-order chi connectivity index (χ0) is 31.5. The summed E-state index contributed by atoms with van der Waals surface area (Å²) in [6.45, 7) is 4.22. The highest BCUT2D eigenvalue weighted by molar-refractivity contribution is 7.51. The fraction of sp³-hybridized carbons (Fsp3) is 0.440. The molecule has 44 heavy (non-hydrogen) atoms. The maximum Gasteiger partial charge on any atom is 0.519 e. The third-order valence-corrected chi connectivity index (χ3v) is 8.39. The molecule has 1 saturated heterocycles. The minimum Gasteiger partial charge on any atom is -0.476 e. The molecule has 5 rings (SSSR count). The van der Waals surface area contributed by atoms with Crippen molar-refractivity contribution >= 4 is 24.9 Å². The number of nitrogens with one attached hydrogen (secondary N) is 1. The highest BCUT2D eigenvalue weighted by Gasteiger charge is 2.55. The maximum atomic E-state index is 13.9. The van der Waals surface area contributed by atoms with Gasteiger partial charge in [0.05, 0.1) is 25.6 Å². The number of hydrogen-bond acceptors (Lipinski definition) is 14. The molecular weight excluding hydrogens is 601 g/mol. The van der Waals surface area contributed by atoms with Gasteiger partial charge in [-0.15, -0.1) is 0 Å². The third-order valence-electron chi connectivity index (χ3n) is 6.88. The summed E-state index contributed by atoms with van der Waals surface area (Å²) in [6, 6.07) is 9.06. The van der Waals surface area contributed by atoms with E-state index < -0.39 is 50.8 Å². The Balaban J connectivity index is 1.40. The molecule has 0 bridgehead atoms. The number of benzene rings is 1. The molecule has 1 unspecified atom stereocenters. The van der Waals surface area contributed by atoms with Crippen molar-refractivity contribution < 1.29 is 37.0 Å². The summed E-state index contributed by atoms with van der Waals surface area (Å²) in [5.41, 5.74) is 14.9. The van der Waals surface area contributed by atoms with Crippen LogP contribution in [0.25, 0.3) is 21.6 Å². The normalized spacial score (nSPS) is 23.0. The number of nitrogens with zero attached hydrogens (tertiary/aromatic N) is 7. The van der Waals surface area contributed by atoms with Gasteiger partial charge in [0.2, 0.25) is 11.8 Å². The van der Waals surface area contributed by atoms with Crippen molar-refractivity contribution in [1.29, 1.82) is 0 Å². The standard InChI is InChI=1S/C25H30N9O9P/c1-4-38-21-18-20(30-23(26)31-21)34(13-28-18)22-25(3,32-33-27)19(35)17(42-22)12-40-44(37,29-10-15-8-6-5-7-9-15)39-11-16-14(2)41-24(36)43-16/h5-9,13,17,19,22,35H,4,10-12H2,1-3H3,(H,29,37)(H2,26,30,31)/t17-,19-,22-,25-,44?/m1/s1. The van der Waals surface area contributed by atoms with Gasteiger partial charge in [-0.1, -0.05) is 35.4 Å². The van der Waals surface area contributed by atoms with Crippen LogP contribution in [-0.4, -0.2) is 55.6 Å². The summed E-state index contributed by atoms with van der Waals surface area (Å²) < 4.78 is 48.1. The topological polar surface area (TPSA) is 248 Å². The predicted molar refractivity (Wildman–Crippen MR) is 152 cm³/mol. The molecule has 4 N–H and O–H groups in total. The minimum atomic E-state index is -4.16. The minimum absolute atomic E-state index is 0.0214. The molecule has 1 fully saturated rings. The number of rotatable bonds is 13. The van der Waals surface area contributed by atoms with Crippen molar-refractivity contribution in [2.45, 2.75) is 57.9 Å². The van der Waals surface area contributed by atoms with E-state index in [4.69, 9.17) is 33.1 Å². The smallest absolute Gasteiger partial charge is 0.476 e. The van der Waals surface area contributed by atoms with E-state index in [1.165, 1.54) is 24.7 Å². The van der Waals surface area contributed by atoms with Crippen molar-refractivity contribution in [3.63, 3.8) is 0 Å². The molecule has 0 radical (unpaired) electrons. The lowest BCUT2D eigenvalue weighted by molar-refractivity contribution is -0.0438. The number of azide groups is 1. The molecule has 19 heteroatoms. The van der Waals surface area contributed by atoms with Crippen molar-refractivity contribution in [3.8, 4) is 5.88 Å². The van der Waals surface area contributed by atoms with Gasteiger partial charge in [0, 0.05) is 11.5 Å². The van der Waals surface area contributed by atoms with Crippen LogP contribution in [-0.2, 0) is 31.5 Å². The maximum absolute atomic E-state index is 13.9. The second-order valence-corrected chi connectivity index (χ2v) is 11.7. The van der Waals surface area contributed by atoms with Crippen molar-refractivity contribution in [1.82, 2.24) is 24.6 Å². The second kappa shape index (κ2) is 12.8. The lowest BCUT2D eigenvalue weighted by Gasteiger charge is -2.28. The van der Waals surface area contributed by atoms with E-state index in [2.05, 4.69) is 30.1 Å². The lowest BCUT2D eigenvalue weighted by Crippen LogP contribution is -2.42. The molecule has 4 aromatic rings. The monoisotopic (exact) mass is 631 g/mol. The molecule has 4 heterocycles. The molecule has 0 saturated carbocycles. The molecule has 5 atom stereocenters. The van der Waals surface area contributed by atoms with E-state index in [0.29, 0.717) is 6.61 Å². The third kappa shape index (κ3) is 6.32. The van der Waals surface area contributed by atoms with Crippen LogP contribution in [0.1, 0.15) is 37.2 Å². The Morgan fingerprint density at radius 3 is 2.73 bits per heavy atom. The van der Waals surface area contributed by atoms with Gasteiger partial charge in [-0.25, -0.2) is 19.4 Å². The van der Waals surface area contributed by atoms with Crippen LogP contribution in [0.5, 0.6) is 5.88 Å². The van der Waals surface area contributed by atoms with Gasteiger partial charge in [-0.05, 0) is 31.9 Å². The molecule has 3 aromatic heterocycles. The number of nitrogens with two attached hydrogens (primary N) is 1. The van der Waals surface area contributed by atoms with Crippen LogP contribution in [0, 0.1) is 6.92 Å². The molecular formula is C25H30N9O9P. The quantitative estimate of drug-likeness (QED) is 0.0830. The van der Waals surface area contributed by atoms with E-state index >= 15 is 0 Å². The summed E-state index contributed by atoms with van der Waals surface area (Å²) in [6.07, 6.45) is -2.43.